The van der Waals surface area contributed by atoms with Crippen molar-refractivity contribution in [2.24, 2.45) is 5.10 Å². The summed E-state index contributed by atoms with van der Waals surface area (Å²) in [5.41, 5.74) is 9.58. The third kappa shape index (κ3) is 3.21. The fourth-order valence-electron chi connectivity index (χ4n) is 4.02. The largest absolute Gasteiger partial charge is 0.289 e. The van der Waals surface area contributed by atoms with Gasteiger partial charge in [0.15, 0.2) is 0 Å². The van der Waals surface area contributed by atoms with Crippen molar-refractivity contribution in [3.05, 3.63) is 88.6 Å². The number of amides is 1. The number of hydrazone groups is 1. The molecule has 142 valence electrons. The summed E-state index contributed by atoms with van der Waals surface area (Å²) >= 11 is 0. The predicted octanol–water partition coefficient (Wildman–Crippen LogP) is 4.40. The van der Waals surface area contributed by atoms with Crippen LogP contribution in [0.4, 0.5) is 0 Å². The van der Waals surface area contributed by atoms with E-state index < -0.39 is 0 Å². The van der Waals surface area contributed by atoms with E-state index in [1.165, 1.54) is 21.9 Å². The topological polar surface area (TPSA) is 70.1 Å². The first kappa shape index (κ1) is 17.4. The Bertz CT molecular complexity index is 1260. The maximum Gasteiger partial charge on any atom is 0.289 e. The van der Waals surface area contributed by atoms with Gasteiger partial charge in [-0.3, -0.25) is 9.89 Å². The normalized spacial score (nSPS) is 12.7. The Labute approximate surface area is 168 Å². The maximum absolute atomic E-state index is 12.4. The van der Waals surface area contributed by atoms with Gasteiger partial charge in [-0.05, 0) is 53.3 Å². The molecule has 3 aromatic carbocycles. The van der Waals surface area contributed by atoms with Crippen molar-refractivity contribution in [2.75, 3.05) is 0 Å². The Balaban J connectivity index is 1.39. The second kappa shape index (κ2) is 7.02. The van der Waals surface area contributed by atoms with Crippen molar-refractivity contribution in [3.63, 3.8) is 0 Å². The van der Waals surface area contributed by atoms with E-state index >= 15 is 0 Å². The molecule has 1 heterocycles. The molecule has 5 nitrogen and oxygen atoms in total. The number of H-pyrrole nitrogens is 1. The number of aryl methyl sites for hydroxylation is 3. The molecule has 5 rings (SSSR count). The summed E-state index contributed by atoms with van der Waals surface area (Å²) in [6.45, 7) is 2.02. The second-order valence-corrected chi connectivity index (χ2v) is 7.39. The van der Waals surface area contributed by atoms with Crippen LogP contribution in [0.3, 0.4) is 0 Å². The Kier molecular flexibility index (Phi) is 4.21. The summed E-state index contributed by atoms with van der Waals surface area (Å²) in [6.07, 6.45) is 3.80. The standard InChI is InChI=1S/C24H20N4O/c1-15-4-2-5-16(12-15)14-25-28-24(29)22-13-21(26-27-22)19-11-10-18-9-8-17-6-3-7-20(19)23(17)18/h2-7,10-14H,8-9H2,1H3,(H,26,27)(H,28,29). The molecule has 0 spiro atoms. The van der Waals surface area contributed by atoms with Gasteiger partial charge >= 0.3 is 0 Å². The lowest BCUT2D eigenvalue weighted by atomic mass is 9.98. The highest BCUT2D eigenvalue weighted by Gasteiger charge is 2.18. The van der Waals surface area contributed by atoms with Crippen molar-refractivity contribution in [1.29, 1.82) is 0 Å². The number of carbonyl (C=O) groups excluding carboxylic acids is 1. The van der Waals surface area contributed by atoms with Crippen LogP contribution < -0.4 is 5.43 Å². The fourth-order valence-corrected chi connectivity index (χ4v) is 4.02. The Morgan fingerprint density at radius 2 is 1.90 bits per heavy atom. The number of hydrogen-bond acceptors (Lipinski definition) is 3. The van der Waals surface area contributed by atoms with Crippen molar-refractivity contribution in [3.8, 4) is 11.3 Å². The zero-order valence-electron chi connectivity index (χ0n) is 16.1. The smallest absolute Gasteiger partial charge is 0.272 e. The van der Waals surface area contributed by atoms with Gasteiger partial charge in [-0.2, -0.15) is 10.2 Å². The Hall–Kier alpha value is -3.73. The molecule has 4 aromatic rings. The minimum Gasteiger partial charge on any atom is -0.272 e. The predicted molar refractivity (Wildman–Crippen MR) is 115 cm³/mol. The SMILES string of the molecule is Cc1cccc(C=NNC(=O)c2cc(-c3ccc4c5c(cccc35)CC4)n[nH]2)c1. The number of benzene rings is 3. The molecule has 0 unspecified atom stereocenters. The molecule has 0 fully saturated rings. The lowest BCUT2D eigenvalue weighted by molar-refractivity contribution is 0.0950. The van der Waals surface area contributed by atoms with Gasteiger partial charge in [0.05, 0.1) is 11.9 Å². The van der Waals surface area contributed by atoms with E-state index in [2.05, 4.69) is 51.1 Å². The molecule has 1 amide bonds. The summed E-state index contributed by atoms with van der Waals surface area (Å²) in [4.78, 5) is 12.4. The molecule has 0 bridgehead atoms. The molecule has 1 aromatic heterocycles. The van der Waals surface area contributed by atoms with E-state index in [9.17, 15) is 4.79 Å². The Morgan fingerprint density at radius 1 is 1.07 bits per heavy atom. The van der Waals surface area contributed by atoms with E-state index in [0.717, 1.165) is 35.2 Å². The van der Waals surface area contributed by atoms with Crippen LogP contribution in [0, 0.1) is 6.92 Å². The molecule has 5 heteroatoms. The van der Waals surface area contributed by atoms with Crippen LogP contribution in [-0.2, 0) is 12.8 Å². The molecule has 0 aliphatic heterocycles. The highest BCUT2D eigenvalue weighted by Crippen LogP contribution is 2.36. The number of carbonyl (C=O) groups is 1. The van der Waals surface area contributed by atoms with Crippen LogP contribution >= 0.6 is 0 Å². The summed E-state index contributed by atoms with van der Waals surface area (Å²) in [5, 5.41) is 13.8. The lowest BCUT2D eigenvalue weighted by Gasteiger charge is -2.06. The number of nitrogens with zero attached hydrogens (tertiary/aromatic N) is 2. The highest BCUT2D eigenvalue weighted by atomic mass is 16.2. The first-order valence-corrected chi connectivity index (χ1v) is 9.68. The molecule has 29 heavy (non-hydrogen) atoms. The second-order valence-electron chi connectivity index (χ2n) is 7.39. The molecule has 0 atom stereocenters. The molecule has 1 aliphatic rings. The van der Waals surface area contributed by atoms with Crippen molar-refractivity contribution < 1.29 is 4.79 Å². The molecule has 0 radical (unpaired) electrons. The number of rotatable bonds is 4. The summed E-state index contributed by atoms with van der Waals surface area (Å²) in [6, 6.07) is 20.4. The average molecular weight is 380 g/mol. The van der Waals surface area contributed by atoms with Crippen LogP contribution in [0.15, 0.2) is 65.8 Å². The summed E-state index contributed by atoms with van der Waals surface area (Å²) in [7, 11) is 0. The number of aromatic amines is 1. The van der Waals surface area contributed by atoms with E-state index in [4.69, 9.17) is 0 Å². The quantitative estimate of drug-likeness (QED) is 0.407. The van der Waals surface area contributed by atoms with Crippen molar-refractivity contribution in [2.45, 2.75) is 19.8 Å². The molecular weight excluding hydrogens is 360 g/mol. The van der Waals surface area contributed by atoms with Crippen molar-refractivity contribution in [1.82, 2.24) is 15.6 Å². The zero-order valence-corrected chi connectivity index (χ0v) is 16.1. The zero-order chi connectivity index (χ0) is 19.8. The third-order valence-electron chi connectivity index (χ3n) is 5.40. The van der Waals surface area contributed by atoms with E-state index in [1.807, 2.05) is 31.2 Å². The number of nitrogens with one attached hydrogen (secondary N) is 2. The van der Waals surface area contributed by atoms with Gasteiger partial charge < -0.3 is 0 Å². The molecule has 2 N–H and O–H groups in total. The first-order valence-electron chi connectivity index (χ1n) is 9.68. The van der Waals surface area contributed by atoms with Crippen LogP contribution in [0.2, 0.25) is 0 Å². The molecule has 0 saturated carbocycles. The van der Waals surface area contributed by atoms with Crippen LogP contribution in [-0.4, -0.2) is 22.3 Å². The van der Waals surface area contributed by atoms with Crippen LogP contribution in [0.5, 0.6) is 0 Å². The average Bonchev–Trinajstić information content (AvgIpc) is 3.37. The lowest BCUT2D eigenvalue weighted by Crippen LogP contribution is -2.18. The van der Waals surface area contributed by atoms with Gasteiger partial charge in [-0.15, -0.1) is 0 Å². The highest BCUT2D eigenvalue weighted by molar-refractivity contribution is 6.02. The van der Waals surface area contributed by atoms with E-state index in [-0.39, 0.29) is 5.91 Å². The van der Waals surface area contributed by atoms with Gasteiger partial charge in [0.25, 0.3) is 5.91 Å². The molecular formula is C24H20N4O. The van der Waals surface area contributed by atoms with Crippen LogP contribution in [0.25, 0.3) is 22.0 Å². The summed E-state index contributed by atoms with van der Waals surface area (Å²) in [5.74, 6) is -0.321. The van der Waals surface area contributed by atoms with E-state index in [1.54, 1.807) is 12.3 Å². The Morgan fingerprint density at radius 3 is 2.76 bits per heavy atom. The number of hydrogen-bond donors (Lipinski definition) is 2. The van der Waals surface area contributed by atoms with Crippen molar-refractivity contribution >= 4 is 22.9 Å². The first-order chi connectivity index (χ1) is 14.2. The van der Waals surface area contributed by atoms with Gasteiger partial charge in [0, 0.05) is 5.56 Å². The third-order valence-corrected chi connectivity index (χ3v) is 5.40. The van der Waals surface area contributed by atoms with E-state index in [0.29, 0.717) is 5.69 Å². The number of aromatic nitrogens is 2. The monoisotopic (exact) mass is 380 g/mol. The maximum atomic E-state index is 12.4. The minimum absolute atomic E-state index is 0.321. The molecule has 0 saturated heterocycles. The van der Waals surface area contributed by atoms with Gasteiger partial charge in [-0.25, -0.2) is 5.43 Å². The fraction of sp³-hybridized carbons (Fsp3) is 0.125. The van der Waals surface area contributed by atoms with Gasteiger partial charge in [0.2, 0.25) is 0 Å². The van der Waals surface area contributed by atoms with Gasteiger partial charge in [0.1, 0.15) is 5.69 Å². The van der Waals surface area contributed by atoms with Crippen LogP contribution in [0.1, 0.15) is 32.7 Å². The van der Waals surface area contributed by atoms with Gasteiger partial charge in [-0.1, -0.05) is 60.2 Å². The molecule has 1 aliphatic carbocycles. The minimum atomic E-state index is -0.321. The summed E-state index contributed by atoms with van der Waals surface area (Å²) < 4.78 is 0.